The largest absolute Gasteiger partial charge is 0.425 e. The number of fused-ring (bicyclic) bond motifs is 1. The maximum Gasteiger partial charge on any atom is 0.337 e. The fourth-order valence-electron chi connectivity index (χ4n) is 5.25. The van der Waals surface area contributed by atoms with E-state index in [-0.39, 0.29) is 23.7 Å². The summed E-state index contributed by atoms with van der Waals surface area (Å²) in [6, 6.07) is 26.4. The molecule has 1 aliphatic rings. The van der Waals surface area contributed by atoms with Gasteiger partial charge in [-0.3, -0.25) is 4.79 Å². The Balaban J connectivity index is 1.51. The van der Waals surface area contributed by atoms with Crippen LogP contribution < -0.4 is 10.5 Å². The van der Waals surface area contributed by atoms with E-state index in [1.165, 1.54) is 11.1 Å². The molecule has 2 atom stereocenters. The summed E-state index contributed by atoms with van der Waals surface area (Å²) in [5.41, 5.74) is 10.5. The van der Waals surface area contributed by atoms with Crippen molar-refractivity contribution in [1.29, 1.82) is 0 Å². The van der Waals surface area contributed by atoms with Crippen LogP contribution in [0.1, 0.15) is 47.4 Å². The van der Waals surface area contributed by atoms with Crippen LogP contribution in [-0.2, 0) is 22.4 Å². The van der Waals surface area contributed by atoms with E-state index in [0.29, 0.717) is 18.6 Å². The number of aliphatic hydroxyl groups excluding tert-OH is 1. The van der Waals surface area contributed by atoms with Crippen LogP contribution >= 0.6 is 0 Å². The molecule has 0 radical (unpaired) electrons. The van der Waals surface area contributed by atoms with Crippen molar-refractivity contribution < 1.29 is 19.4 Å². The lowest BCUT2D eigenvalue weighted by molar-refractivity contribution is -0.137. The van der Waals surface area contributed by atoms with Crippen molar-refractivity contribution >= 4 is 11.9 Å². The summed E-state index contributed by atoms with van der Waals surface area (Å²) in [5, 5.41) is 9.02. The number of amides is 1. The summed E-state index contributed by atoms with van der Waals surface area (Å²) in [4.78, 5) is 24.2. The zero-order valence-corrected chi connectivity index (χ0v) is 19.2. The Labute approximate surface area is 200 Å². The van der Waals surface area contributed by atoms with E-state index < -0.39 is 12.6 Å². The number of rotatable bonds is 9. The van der Waals surface area contributed by atoms with Gasteiger partial charge in [0, 0.05) is 11.8 Å². The predicted octanol–water partition coefficient (Wildman–Crippen LogP) is 4.40. The highest BCUT2D eigenvalue weighted by atomic mass is 16.5. The van der Waals surface area contributed by atoms with Crippen LogP contribution in [0.3, 0.4) is 0 Å². The highest BCUT2D eigenvalue weighted by Crippen LogP contribution is 2.38. The van der Waals surface area contributed by atoms with Crippen molar-refractivity contribution in [2.45, 2.75) is 38.0 Å². The van der Waals surface area contributed by atoms with E-state index >= 15 is 0 Å². The average Bonchev–Trinajstić information content (AvgIpc) is 2.87. The van der Waals surface area contributed by atoms with Crippen LogP contribution in [0.5, 0.6) is 5.75 Å². The zero-order chi connectivity index (χ0) is 23.9. The maximum atomic E-state index is 12.6. The number of hydrogen-bond donors (Lipinski definition) is 2. The molecular weight excluding hydrogens is 426 g/mol. The van der Waals surface area contributed by atoms with E-state index in [1.54, 1.807) is 6.07 Å². The second-order valence-electron chi connectivity index (χ2n) is 8.99. The zero-order valence-electron chi connectivity index (χ0n) is 19.2. The first-order valence-electron chi connectivity index (χ1n) is 11.9. The van der Waals surface area contributed by atoms with E-state index in [4.69, 9.17) is 15.6 Å². The Bertz CT molecular complexity index is 1070. The van der Waals surface area contributed by atoms with Crippen molar-refractivity contribution in [2.24, 2.45) is 17.6 Å². The van der Waals surface area contributed by atoms with Gasteiger partial charge < -0.3 is 15.6 Å². The third kappa shape index (κ3) is 5.54. The molecule has 0 saturated carbocycles. The van der Waals surface area contributed by atoms with E-state index in [9.17, 15) is 9.59 Å². The third-order valence-corrected chi connectivity index (χ3v) is 6.93. The summed E-state index contributed by atoms with van der Waals surface area (Å²) >= 11 is 0. The number of hydrogen-bond acceptors (Lipinski definition) is 4. The molecule has 0 bridgehead atoms. The molecule has 3 aromatic rings. The van der Waals surface area contributed by atoms with Gasteiger partial charge in [0.1, 0.15) is 12.4 Å². The van der Waals surface area contributed by atoms with Gasteiger partial charge in [-0.15, -0.1) is 0 Å². The van der Waals surface area contributed by atoms with Crippen LogP contribution in [0.25, 0.3) is 0 Å². The third-order valence-electron chi connectivity index (χ3n) is 6.93. The molecule has 0 aromatic heterocycles. The van der Waals surface area contributed by atoms with Gasteiger partial charge in [-0.2, -0.15) is 0 Å². The molecule has 1 aliphatic carbocycles. The quantitative estimate of drug-likeness (QED) is 0.368. The Morgan fingerprint density at radius 3 is 2.15 bits per heavy atom. The SMILES string of the molecule is NC(=O)C(CCC(c1ccccc1)c1ccccc1)C1CCc2c(cccc2OC(=O)CO)C1. The molecule has 3 N–H and O–H groups in total. The number of ether oxygens (including phenoxy) is 1. The van der Waals surface area contributed by atoms with Crippen LogP contribution in [0.4, 0.5) is 0 Å². The van der Waals surface area contributed by atoms with E-state index in [1.807, 2.05) is 24.3 Å². The van der Waals surface area contributed by atoms with Crippen LogP contribution in [0.15, 0.2) is 78.9 Å². The normalized spacial score (nSPS) is 16.0. The number of carbonyl (C=O) groups is 2. The predicted molar refractivity (Wildman–Crippen MR) is 131 cm³/mol. The maximum absolute atomic E-state index is 12.6. The van der Waals surface area contributed by atoms with Crippen molar-refractivity contribution in [3.63, 3.8) is 0 Å². The first kappa shape index (κ1) is 23.7. The average molecular weight is 458 g/mol. The Kier molecular flexibility index (Phi) is 7.76. The van der Waals surface area contributed by atoms with Gasteiger partial charge in [0.2, 0.25) is 5.91 Å². The molecule has 5 heteroatoms. The van der Waals surface area contributed by atoms with Gasteiger partial charge in [-0.1, -0.05) is 72.8 Å². The Hall–Kier alpha value is -3.44. The van der Waals surface area contributed by atoms with Gasteiger partial charge in [0.25, 0.3) is 0 Å². The highest BCUT2D eigenvalue weighted by molar-refractivity contribution is 5.77. The highest BCUT2D eigenvalue weighted by Gasteiger charge is 2.32. The Morgan fingerprint density at radius 1 is 0.912 bits per heavy atom. The molecule has 2 unspecified atom stereocenters. The first-order valence-corrected chi connectivity index (χ1v) is 11.9. The summed E-state index contributed by atoms with van der Waals surface area (Å²) < 4.78 is 5.30. The second kappa shape index (κ2) is 11.1. The number of benzene rings is 3. The minimum Gasteiger partial charge on any atom is -0.425 e. The van der Waals surface area contributed by atoms with Crippen molar-refractivity contribution in [3.05, 3.63) is 101 Å². The number of carbonyl (C=O) groups excluding carboxylic acids is 2. The smallest absolute Gasteiger partial charge is 0.337 e. The summed E-state index contributed by atoms with van der Waals surface area (Å²) in [6.45, 7) is -0.653. The monoisotopic (exact) mass is 457 g/mol. The van der Waals surface area contributed by atoms with Crippen LogP contribution in [-0.4, -0.2) is 23.6 Å². The van der Waals surface area contributed by atoms with Crippen LogP contribution in [0, 0.1) is 11.8 Å². The summed E-state index contributed by atoms with van der Waals surface area (Å²) in [7, 11) is 0. The second-order valence-corrected chi connectivity index (χ2v) is 8.99. The van der Waals surface area contributed by atoms with Gasteiger partial charge >= 0.3 is 5.97 Å². The molecule has 0 aliphatic heterocycles. The lowest BCUT2D eigenvalue weighted by Crippen LogP contribution is -2.33. The minimum absolute atomic E-state index is 0.140. The fraction of sp³-hybridized carbons (Fsp3) is 0.310. The number of primary amides is 1. The number of esters is 1. The van der Waals surface area contributed by atoms with Crippen molar-refractivity contribution in [2.75, 3.05) is 6.61 Å². The molecule has 34 heavy (non-hydrogen) atoms. The van der Waals surface area contributed by atoms with Crippen molar-refractivity contribution in [3.8, 4) is 5.75 Å². The molecule has 1 amide bonds. The standard InChI is InChI=1S/C29H31NO4/c30-29(33)26(17-16-24(20-8-3-1-4-9-20)21-10-5-2-6-11-21)23-14-15-25-22(18-23)12-7-13-27(25)34-28(32)19-31/h1-13,23-24,26,31H,14-19H2,(H2,30,33). The van der Waals surface area contributed by atoms with Gasteiger partial charge in [0.15, 0.2) is 0 Å². The topological polar surface area (TPSA) is 89.6 Å². The number of aliphatic hydroxyl groups is 1. The summed E-state index contributed by atoms with van der Waals surface area (Å²) in [6.07, 6.45) is 3.77. The lowest BCUT2D eigenvalue weighted by Gasteiger charge is -2.31. The molecule has 0 heterocycles. The van der Waals surface area contributed by atoms with Gasteiger partial charge in [-0.25, -0.2) is 4.79 Å². The molecule has 5 nitrogen and oxygen atoms in total. The van der Waals surface area contributed by atoms with E-state index in [0.717, 1.165) is 30.4 Å². The van der Waals surface area contributed by atoms with Crippen molar-refractivity contribution in [1.82, 2.24) is 0 Å². The fourth-order valence-corrected chi connectivity index (χ4v) is 5.25. The molecular formula is C29H31NO4. The lowest BCUT2D eigenvalue weighted by atomic mass is 9.73. The van der Waals surface area contributed by atoms with Crippen LogP contribution in [0.2, 0.25) is 0 Å². The molecule has 4 rings (SSSR count). The molecule has 0 saturated heterocycles. The molecule has 0 fully saturated rings. The Morgan fingerprint density at radius 2 is 1.56 bits per heavy atom. The summed E-state index contributed by atoms with van der Waals surface area (Å²) in [5.74, 6) is -0.314. The molecule has 0 spiro atoms. The molecule has 3 aromatic carbocycles. The molecule has 176 valence electrons. The minimum atomic E-state index is -0.668. The first-order chi connectivity index (χ1) is 16.6. The van der Waals surface area contributed by atoms with Gasteiger partial charge in [0.05, 0.1) is 0 Å². The van der Waals surface area contributed by atoms with E-state index in [2.05, 4.69) is 48.5 Å². The van der Waals surface area contributed by atoms with Gasteiger partial charge in [-0.05, 0) is 66.3 Å². The number of nitrogens with two attached hydrogens (primary N) is 1.